The van der Waals surface area contributed by atoms with Crippen molar-refractivity contribution in [3.8, 4) is 0 Å². The fourth-order valence-corrected chi connectivity index (χ4v) is 7.09. The predicted octanol–water partition coefficient (Wildman–Crippen LogP) is 4.24. The Morgan fingerprint density at radius 3 is 1.06 bits per heavy atom. The van der Waals surface area contributed by atoms with Crippen LogP contribution in [0.25, 0.3) is 0 Å². The Kier molecular flexibility index (Phi) is 5.35. The molecule has 35 heavy (non-hydrogen) atoms. The molecule has 0 spiro atoms. The molecule has 0 bridgehead atoms. The zero-order valence-electron chi connectivity index (χ0n) is 19.8. The fourth-order valence-electron chi connectivity index (χ4n) is 7.09. The molecule has 4 aliphatic rings. The maximum Gasteiger partial charge on any atom is 0.235 e. The maximum atomic E-state index is 14.1. The standard InChI is InChI=1S/C29H30N2O4/c32-25-21-15-7-8-16-22(21)26(33)30(25)29(19-11-3-1-4-12-19,20-13-5-2-6-14-20)31-27(34)23-17-9-10-18-24(23)28(31)35/h1-6,11-14,21-24H,7-10,15-18H2. The number of benzene rings is 2. The summed E-state index contributed by atoms with van der Waals surface area (Å²) in [5.74, 6) is -2.61. The van der Waals surface area contributed by atoms with Gasteiger partial charge in [0.2, 0.25) is 23.6 Å². The topological polar surface area (TPSA) is 74.8 Å². The number of rotatable bonds is 4. The van der Waals surface area contributed by atoms with Crippen LogP contribution in [0.15, 0.2) is 60.7 Å². The Balaban J connectivity index is 1.64. The van der Waals surface area contributed by atoms with E-state index in [1.54, 1.807) is 0 Å². The van der Waals surface area contributed by atoms with Crippen molar-refractivity contribution in [2.45, 2.75) is 57.0 Å². The number of carbonyl (C=O) groups is 4. The van der Waals surface area contributed by atoms with E-state index in [1.807, 2.05) is 60.7 Å². The molecule has 2 saturated heterocycles. The summed E-state index contributed by atoms with van der Waals surface area (Å²) in [6.07, 6.45) is 6.29. The summed E-state index contributed by atoms with van der Waals surface area (Å²) < 4.78 is 0. The number of carbonyl (C=O) groups excluding carboxylic acids is 4. The summed E-state index contributed by atoms with van der Waals surface area (Å²) in [6, 6.07) is 18.4. The van der Waals surface area contributed by atoms with Crippen LogP contribution in [-0.4, -0.2) is 33.4 Å². The van der Waals surface area contributed by atoms with Gasteiger partial charge in [0.15, 0.2) is 5.66 Å². The van der Waals surface area contributed by atoms with Gasteiger partial charge in [0.1, 0.15) is 0 Å². The monoisotopic (exact) mass is 470 g/mol. The van der Waals surface area contributed by atoms with Crippen molar-refractivity contribution in [3.05, 3.63) is 71.8 Å². The third-order valence-corrected chi connectivity index (χ3v) is 8.68. The van der Waals surface area contributed by atoms with E-state index >= 15 is 0 Å². The van der Waals surface area contributed by atoms with Crippen molar-refractivity contribution in [1.29, 1.82) is 0 Å². The number of nitrogens with zero attached hydrogens (tertiary/aromatic N) is 2. The summed E-state index contributed by atoms with van der Waals surface area (Å²) in [5, 5.41) is 0. The van der Waals surface area contributed by atoms with Gasteiger partial charge >= 0.3 is 0 Å². The van der Waals surface area contributed by atoms with Gasteiger partial charge in [0, 0.05) is 11.1 Å². The van der Waals surface area contributed by atoms with Crippen molar-refractivity contribution >= 4 is 23.6 Å². The quantitative estimate of drug-likeness (QED) is 0.627. The van der Waals surface area contributed by atoms with E-state index in [0.717, 1.165) is 25.7 Å². The molecule has 2 aromatic carbocycles. The molecule has 2 aliphatic carbocycles. The van der Waals surface area contributed by atoms with Crippen molar-refractivity contribution in [1.82, 2.24) is 9.80 Å². The molecule has 2 heterocycles. The Bertz CT molecular complexity index is 1040. The molecule has 2 aromatic rings. The molecule has 4 unspecified atom stereocenters. The summed E-state index contributed by atoms with van der Waals surface area (Å²) in [7, 11) is 0. The Morgan fingerprint density at radius 1 is 0.486 bits per heavy atom. The lowest BCUT2D eigenvalue weighted by Crippen LogP contribution is -2.63. The highest BCUT2D eigenvalue weighted by Crippen LogP contribution is 2.52. The lowest BCUT2D eigenvalue weighted by Gasteiger charge is -2.47. The molecule has 2 saturated carbocycles. The lowest BCUT2D eigenvalue weighted by molar-refractivity contribution is -0.164. The van der Waals surface area contributed by atoms with Gasteiger partial charge in [0.05, 0.1) is 23.7 Å². The van der Waals surface area contributed by atoms with Crippen LogP contribution in [0.4, 0.5) is 0 Å². The molecule has 0 N–H and O–H groups in total. The number of imide groups is 2. The normalized spacial score (nSPS) is 28.9. The molecule has 6 heteroatoms. The molecular formula is C29H30N2O4. The van der Waals surface area contributed by atoms with E-state index in [1.165, 1.54) is 9.80 Å². The molecule has 0 radical (unpaired) electrons. The van der Waals surface area contributed by atoms with Crippen LogP contribution in [0, 0.1) is 23.7 Å². The zero-order chi connectivity index (χ0) is 24.2. The molecule has 4 amide bonds. The SMILES string of the molecule is O=C1C2CCCCC2C(=O)N1C(c1ccccc1)(c1ccccc1)N1C(=O)C2CCCCC2C1=O. The second-order valence-electron chi connectivity index (χ2n) is 10.4. The smallest absolute Gasteiger partial charge is 0.235 e. The number of hydrogen-bond donors (Lipinski definition) is 0. The highest BCUT2D eigenvalue weighted by molar-refractivity contribution is 6.10. The molecule has 6 nitrogen and oxygen atoms in total. The molecule has 4 fully saturated rings. The van der Waals surface area contributed by atoms with Gasteiger partial charge in [-0.05, 0) is 25.7 Å². The Labute approximate surface area is 205 Å². The van der Waals surface area contributed by atoms with Gasteiger partial charge in [-0.3, -0.25) is 19.2 Å². The first-order chi connectivity index (χ1) is 17.1. The van der Waals surface area contributed by atoms with Gasteiger partial charge in [-0.2, -0.15) is 0 Å². The van der Waals surface area contributed by atoms with Gasteiger partial charge in [-0.25, -0.2) is 9.80 Å². The van der Waals surface area contributed by atoms with Crippen molar-refractivity contribution < 1.29 is 19.2 Å². The highest BCUT2D eigenvalue weighted by atomic mass is 16.2. The van der Waals surface area contributed by atoms with Crippen LogP contribution < -0.4 is 0 Å². The average molecular weight is 471 g/mol. The van der Waals surface area contributed by atoms with E-state index in [0.29, 0.717) is 36.8 Å². The second kappa shape index (κ2) is 8.43. The van der Waals surface area contributed by atoms with E-state index in [-0.39, 0.29) is 23.6 Å². The highest BCUT2D eigenvalue weighted by Gasteiger charge is 2.65. The number of likely N-dealkylation sites (tertiary alicyclic amines) is 2. The Hall–Kier alpha value is -3.28. The predicted molar refractivity (Wildman–Crippen MR) is 128 cm³/mol. The van der Waals surface area contributed by atoms with Crippen molar-refractivity contribution in [2.75, 3.05) is 0 Å². The molecular weight excluding hydrogens is 440 g/mol. The molecule has 2 aliphatic heterocycles. The van der Waals surface area contributed by atoms with Crippen LogP contribution in [0.1, 0.15) is 62.5 Å². The number of hydrogen-bond acceptors (Lipinski definition) is 4. The first-order valence-electron chi connectivity index (χ1n) is 12.9. The number of amides is 4. The van der Waals surface area contributed by atoms with Gasteiger partial charge in [-0.1, -0.05) is 86.3 Å². The van der Waals surface area contributed by atoms with Gasteiger partial charge in [-0.15, -0.1) is 0 Å². The van der Waals surface area contributed by atoms with Crippen LogP contribution in [0.5, 0.6) is 0 Å². The minimum Gasteiger partial charge on any atom is -0.274 e. The largest absolute Gasteiger partial charge is 0.274 e. The summed E-state index contributed by atoms with van der Waals surface area (Å²) in [4.78, 5) is 59.0. The average Bonchev–Trinajstić information content (AvgIpc) is 3.32. The van der Waals surface area contributed by atoms with Gasteiger partial charge in [0.25, 0.3) is 0 Å². The van der Waals surface area contributed by atoms with Gasteiger partial charge < -0.3 is 0 Å². The molecule has 4 atom stereocenters. The number of fused-ring (bicyclic) bond motifs is 2. The van der Waals surface area contributed by atoms with Crippen molar-refractivity contribution in [2.24, 2.45) is 23.7 Å². The third kappa shape index (κ3) is 3.08. The van der Waals surface area contributed by atoms with Crippen LogP contribution in [0.2, 0.25) is 0 Å². The minimum atomic E-state index is -1.63. The van der Waals surface area contributed by atoms with Crippen LogP contribution in [-0.2, 0) is 24.8 Å². The van der Waals surface area contributed by atoms with E-state index < -0.39 is 29.3 Å². The first-order valence-corrected chi connectivity index (χ1v) is 12.9. The summed E-state index contributed by atoms with van der Waals surface area (Å²) in [5.41, 5.74) is -0.446. The van der Waals surface area contributed by atoms with E-state index in [4.69, 9.17) is 0 Å². The first kappa shape index (κ1) is 22.2. The van der Waals surface area contributed by atoms with Crippen LogP contribution in [0.3, 0.4) is 0 Å². The zero-order valence-corrected chi connectivity index (χ0v) is 19.8. The van der Waals surface area contributed by atoms with Crippen molar-refractivity contribution in [3.63, 3.8) is 0 Å². The maximum absolute atomic E-state index is 14.1. The summed E-state index contributed by atoms with van der Waals surface area (Å²) >= 11 is 0. The molecule has 180 valence electrons. The minimum absolute atomic E-state index is 0.261. The van der Waals surface area contributed by atoms with E-state index in [2.05, 4.69) is 0 Å². The molecule has 6 rings (SSSR count). The summed E-state index contributed by atoms with van der Waals surface area (Å²) in [6.45, 7) is 0. The molecule has 0 aromatic heterocycles. The lowest BCUT2D eigenvalue weighted by atomic mass is 9.81. The van der Waals surface area contributed by atoms with E-state index in [9.17, 15) is 19.2 Å². The third-order valence-electron chi connectivity index (χ3n) is 8.68. The Morgan fingerprint density at radius 2 is 0.771 bits per heavy atom. The second-order valence-corrected chi connectivity index (χ2v) is 10.4. The fraction of sp³-hybridized carbons (Fsp3) is 0.448. The van der Waals surface area contributed by atoms with Crippen LogP contribution >= 0.6 is 0 Å².